The van der Waals surface area contributed by atoms with E-state index >= 15 is 0 Å². The van der Waals surface area contributed by atoms with Crippen molar-refractivity contribution >= 4 is 39.2 Å². The summed E-state index contributed by atoms with van der Waals surface area (Å²) in [6.45, 7) is 0. The second kappa shape index (κ2) is 14.5. The standard InChI is InChI=1S/C36H27ClF4N2O5S/c1-48-35(45)33(19-22-7-9-23(10-8-22)26-13-17-31(38)30(37)21-26)42-34(44)29-20-25(24-11-15-27(16-12-24)36(39,40)41)14-18-32(29)43-49(46,47)28-5-3-2-4-6-28/h2-18,20-21,33,43H,19H2,1H3,(H,42,44)/t33-/m1/s1. The number of nitrogens with one attached hydrogen (secondary N) is 2. The van der Waals surface area contributed by atoms with Crippen LogP contribution in [0.1, 0.15) is 21.5 Å². The molecule has 5 rings (SSSR count). The monoisotopic (exact) mass is 710 g/mol. The Kier molecular flexibility index (Phi) is 10.4. The van der Waals surface area contributed by atoms with Gasteiger partial charge in [0, 0.05) is 6.42 Å². The van der Waals surface area contributed by atoms with E-state index in [1.165, 1.54) is 66.7 Å². The van der Waals surface area contributed by atoms with E-state index in [2.05, 4.69) is 10.0 Å². The second-order valence-electron chi connectivity index (χ2n) is 10.8. The third-order valence-corrected chi connectivity index (χ3v) is 9.22. The Balaban J connectivity index is 1.46. The molecule has 0 radical (unpaired) electrons. The molecular formula is C36H27ClF4N2O5S. The molecule has 0 saturated heterocycles. The molecule has 0 saturated carbocycles. The topological polar surface area (TPSA) is 102 Å². The van der Waals surface area contributed by atoms with E-state index in [-0.39, 0.29) is 27.6 Å². The molecule has 0 aliphatic carbocycles. The SMILES string of the molecule is COC(=O)[C@@H](Cc1ccc(-c2ccc(F)c(Cl)c2)cc1)NC(=O)c1cc(-c2ccc(C(F)(F)F)cc2)ccc1NS(=O)(=O)c1ccccc1. The van der Waals surface area contributed by atoms with Crippen LogP contribution in [0.15, 0.2) is 120 Å². The molecule has 1 atom stereocenters. The lowest BCUT2D eigenvalue weighted by Crippen LogP contribution is -2.43. The minimum Gasteiger partial charge on any atom is -0.467 e. The van der Waals surface area contributed by atoms with E-state index in [9.17, 15) is 35.6 Å². The van der Waals surface area contributed by atoms with Gasteiger partial charge in [0.25, 0.3) is 15.9 Å². The molecule has 5 aromatic rings. The third-order valence-electron chi connectivity index (χ3n) is 7.55. The molecule has 0 aromatic heterocycles. The number of halogens is 5. The lowest BCUT2D eigenvalue weighted by Gasteiger charge is -2.19. The maximum atomic E-state index is 13.8. The number of hydrogen-bond donors (Lipinski definition) is 2. The Labute approximate surface area is 284 Å². The summed E-state index contributed by atoms with van der Waals surface area (Å²) < 4.78 is 86.8. The van der Waals surface area contributed by atoms with E-state index in [1.807, 2.05) is 0 Å². The molecule has 0 spiro atoms. The predicted octanol–water partition coefficient (Wildman–Crippen LogP) is 8.15. The Morgan fingerprint density at radius 1 is 0.796 bits per heavy atom. The maximum Gasteiger partial charge on any atom is 0.416 e. The Morgan fingerprint density at radius 2 is 1.37 bits per heavy atom. The Hall–Kier alpha value is -5.20. The highest BCUT2D eigenvalue weighted by Gasteiger charge is 2.30. The fourth-order valence-corrected chi connectivity index (χ4v) is 6.25. The summed E-state index contributed by atoms with van der Waals surface area (Å²) in [6, 6.07) is 25.7. The van der Waals surface area contributed by atoms with Gasteiger partial charge in [-0.25, -0.2) is 17.6 Å². The van der Waals surface area contributed by atoms with Gasteiger partial charge in [0.05, 0.1) is 33.8 Å². The van der Waals surface area contributed by atoms with Crippen LogP contribution in [0.5, 0.6) is 0 Å². The van der Waals surface area contributed by atoms with Crippen LogP contribution in [-0.4, -0.2) is 33.4 Å². The van der Waals surface area contributed by atoms with Crippen LogP contribution in [0.4, 0.5) is 23.2 Å². The third kappa shape index (κ3) is 8.45. The number of hydrogen-bond acceptors (Lipinski definition) is 5. The molecule has 49 heavy (non-hydrogen) atoms. The van der Waals surface area contributed by atoms with Crippen molar-refractivity contribution in [2.45, 2.75) is 23.5 Å². The van der Waals surface area contributed by atoms with Gasteiger partial charge in [-0.1, -0.05) is 78.3 Å². The summed E-state index contributed by atoms with van der Waals surface area (Å²) in [5.41, 5.74) is 1.44. The van der Waals surface area contributed by atoms with Crippen LogP contribution in [0.2, 0.25) is 5.02 Å². The summed E-state index contributed by atoms with van der Waals surface area (Å²) in [5, 5.41) is 2.57. The number of rotatable bonds is 10. The van der Waals surface area contributed by atoms with Crippen molar-refractivity contribution in [1.29, 1.82) is 0 Å². The van der Waals surface area contributed by atoms with Gasteiger partial charge in [-0.15, -0.1) is 0 Å². The van der Waals surface area contributed by atoms with Gasteiger partial charge in [-0.05, 0) is 76.3 Å². The van der Waals surface area contributed by atoms with Crippen LogP contribution in [0.25, 0.3) is 22.3 Å². The molecule has 252 valence electrons. The van der Waals surface area contributed by atoms with Gasteiger partial charge in [0.15, 0.2) is 0 Å². The van der Waals surface area contributed by atoms with E-state index in [1.54, 1.807) is 36.4 Å². The number of ether oxygens (including phenoxy) is 1. The van der Waals surface area contributed by atoms with Gasteiger partial charge in [0.2, 0.25) is 0 Å². The van der Waals surface area contributed by atoms with Gasteiger partial charge >= 0.3 is 12.1 Å². The highest BCUT2D eigenvalue weighted by Crippen LogP contribution is 2.33. The van der Waals surface area contributed by atoms with Gasteiger partial charge in [0.1, 0.15) is 11.9 Å². The molecule has 0 unspecified atom stereocenters. The normalized spacial score (nSPS) is 12.2. The van der Waals surface area contributed by atoms with Crippen LogP contribution < -0.4 is 10.0 Å². The average molecular weight is 711 g/mol. The van der Waals surface area contributed by atoms with Crippen molar-refractivity contribution in [1.82, 2.24) is 5.32 Å². The van der Waals surface area contributed by atoms with E-state index in [0.717, 1.165) is 24.8 Å². The molecule has 2 N–H and O–H groups in total. The number of sulfonamides is 1. The predicted molar refractivity (Wildman–Crippen MR) is 178 cm³/mol. The zero-order valence-corrected chi connectivity index (χ0v) is 27.2. The molecule has 1 amide bonds. The maximum absolute atomic E-state index is 13.8. The van der Waals surface area contributed by atoms with Crippen LogP contribution in [0.3, 0.4) is 0 Å². The van der Waals surface area contributed by atoms with Crippen molar-refractivity contribution in [2.75, 3.05) is 11.8 Å². The van der Waals surface area contributed by atoms with Crippen molar-refractivity contribution in [3.8, 4) is 22.3 Å². The first-order valence-corrected chi connectivity index (χ1v) is 16.4. The number of methoxy groups -OCH3 is 1. The van der Waals surface area contributed by atoms with E-state index < -0.39 is 45.5 Å². The zero-order valence-electron chi connectivity index (χ0n) is 25.6. The van der Waals surface area contributed by atoms with Crippen molar-refractivity contribution in [3.05, 3.63) is 143 Å². The quantitative estimate of drug-likeness (QED) is 0.113. The summed E-state index contributed by atoms with van der Waals surface area (Å²) in [5.74, 6) is -2.19. The summed E-state index contributed by atoms with van der Waals surface area (Å²) in [6.07, 6.45) is -4.58. The molecule has 13 heteroatoms. The largest absolute Gasteiger partial charge is 0.467 e. The van der Waals surface area contributed by atoms with Gasteiger partial charge < -0.3 is 10.1 Å². The lowest BCUT2D eigenvalue weighted by molar-refractivity contribution is -0.143. The van der Waals surface area contributed by atoms with Crippen molar-refractivity contribution in [3.63, 3.8) is 0 Å². The van der Waals surface area contributed by atoms with Crippen LogP contribution in [-0.2, 0) is 32.2 Å². The first-order valence-electron chi connectivity index (χ1n) is 14.6. The molecule has 0 fully saturated rings. The van der Waals surface area contributed by atoms with Crippen LogP contribution >= 0.6 is 11.6 Å². The van der Waals surface area contributed by atoms with Crippen molar-refractivity contribution in [2.24, 2.45) is 0 Å². The molecule has 5 aromatic carbocycles. The molecule has 0 aliphatic heterocycles. The number of amides is 1. The van der Waals surface area contributed by atoms with E-state index in [4.69, 9.17) is 16.3 Å². The van der Waals surface area contributed by atoms with Gasteiger partial charge in [-0.3, -0.25) is 9.52 Å². The number of benzene rings is 5. The average Bonchev–Trinajstić information content (AvgIpc) is 3.09. The number of esters is 1. The fraction of sp³-hybridized carbons (Fsp3) is 0.111. The molecule has 0 aliphatic rings. The summed E-state index contributed by atoms with van der Waals surface area (Å²) in [4.78, 5) is 26.6. The first-order chi connectivity index (χ1) is 23.2. The Morgan fingerprint density at radius 3 is 1.96 bits per heavy atom. The zero-order chi connectivity index (χ0) is 35.3. The smallest absolute Gasteiger partial charge is 0.416 e. The highest BCUT2D eigenvalue weighted by molar-refractivity contribution is 7.92. The number of anilines is 1. The molecule has 7 nitrogen and oxygen atoms in total. The Bertz CT molecular complexity index is 2090. The molecule has 0 heterocycles. The minimum atomic E-state index is -4.55. The van der Waals surface area contributed by atoms with Crippen molar-refractivity contribution < 1.29 is 40.3 Å². The molecular weight excluding hydrogens is 684 g/mol. The number of alkyl halides is 3. The molecule has 0 bridgehead atoms. The second-order valence-corrected chi connectivity index (χ2v) is 12.9. The number of carbonyl (C=O) groups excluding carboxylic acids is 2. The highest BCUT2D eigenvalue weighted by atomic mass is 35.5. The minimum absolute atomic E-state index is 0.0213. The number of carbonyl (C=O) groups is 2. The van der Waals surface area contributed by atoms with Gasteiger partial charge in [-0.2, -0.15) is 13.2 Å². The summed E-state index contributed by atoms with van der Waals surface area (Å²) >= 11 is 5.91. The lowest BCUT2D eigenvalue weighted by atomic mass is 9.99. The van der Waals surface area contributed by atoms with Crippen LogP contribution in [0, 0.1) is 5.82 Å². The first kappa shape index (κ1) is 35.1. The van der Waals surface area contributed by atoms with E-state index in [0.29, 0.717) is 22.3 Å². The summed E-state index contributed by atoms with van der Waals surface area (Å²) in [7, 11) is -3.03. The fourth-order valence-electron chi connectivity index (χ4n) is 4.97.